The summed E-state index contributed by atoms with van der Waals surface area (Å²) in [5.41, 5.74) is 1.08. The van der Waals surface area contributed by atoms with E-state index in [-0.39, 0.29) is 6.42 Å². The third kappa shape index (κ3) is 5.07. The summed E-state index contributed by atoms with van der Waals surface area (Å²) in [5, 5.41) is 36.5. The molecule has 6 heteroatoms. The highest BCUT2D eigenvalue weighted by Gasteiger charge is 2.21. The second-order valence-electron chi connectivity index (χ2n) is 4.25. The monoisotopic (exact) mass is 268 g/mol. The Morgan fingerprint density at radius 1 is 1.11 bits per heavy atom. The van der Waals surface area contributed by atoms with Crippen LogP contribution in [0.2, 0.25) is 0 Å². The molecule has 0 radical (unpaired) electrons. The lowest BCUT2D eigenvalue weighted by Crippen LogP contribution is -2.21. The summed E-state index contributed by atoms with van der Waals surface area (Å²) in [6.07, 6.45) is -2.98. The number of hydrogen-bond donors (Lipinski definition) is 4. The number of benzene rings is 1. The Morgan fingerprint density at radius 2 is 1.79 bits per heavy atom. The molecule has 1 aromatic rings. The van der Waals surface area contributed by atoms with E-state index in [9.17, 15) is 19.8 Å². The fourth-order valence-electron chi connectivity index (χ4n) is 1.70. The van der Waals surface area contributed by atoms with Crippen molar-refractivity contribution in [3.63, 3.8) is 0 Å². The average molecular weight is 268 g/mol. The molecule has 0 aliphatic carbocycles. The standard InChI is InChI=1S/C13H16O6/c14-10(7-12(17)18)13(19)9-3-1-2-8(6-9)4-5-11(15)16/h1-3,6,10,13-14,19H,4-5,7H2,(H,15,16)(H,17,18). The van der Waals surface area contributed by atoms with Gasteiger partial charge in [-0.2, -0.15) is 0 Å². The van der Waals surface area contributed by atoms with Crippen LogP contribution in [0.4, 0.5) is 0 Å². The van der Waals surface area contributed by atoms with E-state index >= 15 is 0 Å². The Morgan fingerprint density at radius 3 is 2.37 bits per heavy atom. The highest BCUT2D eigenvalue weighted by molar-refractivity contribution is 5.67. The zero-order valence-electron chi connectivity index (χ0n) is 10.2. The molecule has 0 aliphatic rings. The van der Waals surface area contributed by atoms with Crippen LogP contribution in [0.25, 0.3) is 0 Å². The van der Waals surface area contributed by atoms with Crippen LogP contribution in [0.5, 0.6) is 0 Å². The molecular formula is C13H16O6. The molecule has 0 bridgehead atoms. The van der Waals surface area contributed by atoms with Crippen LogP contribution in [0.15, 0.2) is 24.3 Å². The summed E-state index contributed by atoms with van der Waals surface area (Å²) in [6.45, 7) is 0. The van der Waals surface area contributed by atoms with Gasteiger partial charge >= 0.3 is 11.9 Å². The number of aliphatic hydroxyl groups is 2. The summed E-state index contributed by atoms with van der Waals surface area (Å²) < 4.78 is 0. The summed E-state index contributed by atoms with van der Waals surface area (Å²) >= 11 is 0. The molecule has 0 amide bonds. The lowest BCUT2D eigenvalue weighted by Gasteiger charge is -2.17. The predicted octanol–water partition coefficient (Wildman–Crippen LogP) is 0.573. The van der Waals surface area contributed by atoms with Crippen molar-refractivity contribution in [3.05, 3.63) is 35.4 Å². The molecule has 104 valence electrons. The van der Waals surface area contributed by atoms with Gasteiger partial charge < -0.3 is 20.4 Å². The molecule has 0 fully saturated rings. The number of carboxylic acid groups (broad SMARTS) is 2. The minimum absolute atomic E-state index is 0.0305. The Labute approximate surface area is 109 Å². The first-order valence-electron chi connectivity index (χ1n) is 5.78. The zero-order valence-corrected chi connectivity index (χ0v) is 10.2. The molecule has 1 aromatic carbocycles. The van der Waals surface area contributed by atoms with Gasteiger partial charge in [-0.1, -0.05) is 24.3 Å². The fourth-order valence-corrected chi connectivity index (χ4v) is 1.70. The fraction of sp³-hybridized carbons (Fsp3) is 0.385. The van der Waals surface area contributed by atoms with E-state index in [0.717, 1.165) is 0 Å². The van der Waals surface area contributed by atoms with Crippen molar-refractivity contribution >= 4 is 11.9 Å². The van der Waals surface area contributed by atoms with E-state index in [2.05, 4.69) is 0 Å². The Kier molecular flexibility index (Phi) is 5.47. The van der Waals surface area contributed by atoms with Crippen molar-refractivity contribution in [2.24, 2.45) is 0 Å². The summed E-state index contributed by atoms with van der Waals surface area (Å²) in [7, 11) is 0. The summed E-state index contributed by atoms with van der Waals surface area (Å²) in [6, 6.07) is 6.46. The molecule has 0 aliphatic heterocycles. The van der Waals surface area contributed by atoms with Gasteiger partial charge in [-0.25, -0.2) is 0 Å². The minimum atomic E-state index is -1.40. The van der Waals surface area contributed by atoms with Crippen molar-refractivity contribution in [1.82, 2.24) is 0 Å². The molecule has 19 heavy (non-hydrogen) atoms. The number of hydrogen-bond acceptors (Lipinski definition) is 4. The maximum absolute atomic E-state index is 10.5. The van der Waals surface area contributed by atoms with Crippen LogP contribution in [-0.2, 0) is 16.0 Å². The van der Waals surface area contributed by atoms with Crippen LogP contribution in [-0.4, -0.2) is 38.5 Å². The molecule has 0 spiro atoms. The van der Waals surface area contributed by atoms with Crippen LogP contribution >= 0.6 is 0 Å². The Hall–Kier alpha value is -1.92. The number of rotatable bonds is 7. The van der Waals surface area contributed by atoms with E-state index in [4.69, 9.17) is 10.2 Å². The maximum atomic E-state index is 10.5. The lowest BCUT2D eigenvalue weighted by molar-refractivity contribution is -0.141. The zero-order chi connectivity index (χ0) is 14.4. The largest absolute Gasteiger partial charge is 0.481 e. The van der Waals surface area contributed by atoms with Gasteiger partial charge in [0.25, 0.3) is 0 Å². The van der Waals surface area contributed by atoms with E-state index < -0.39 is 30.6 Å². The highest BCUT2D eigenvalue weighted by Crippen LogP contribution is 2.20. The Bertz CT molecular complexity index is 456. The van der Waals surface area contributed by atoms with Gasteiger partial charge in [0.05, 0.1) is 12.5 Å². The minimum Gasteiger partial charge on any atom is -0.481 e. The van der Waals surface area contributed by atoms with Gasteiger partial charge in [0.2, 0.25) is 0 Å². The van der Waals surface area contributed by atoms with Crippen LogP contribution in [0, 0.1) is 0 Å². The predicted molar refractivity (Wildman–Crippen MR) is 65.6 cm³/mol. The molecule has 0 saturated carbocycles. The van der Waals surface area contributed by atoms with Crippen molar-refractivity contribution in [2.75, 3.05) is 0 Å². The number of carboxylic acids is 2. The van der Waals surface area contributed by atoms with Gasteiger partial charge in [-0.15, -0.1) is 0 Å². The van der Waals surface area contributed by atoms with Crippen LogP contribution in [0.1, 0.15) is 30.1 Å². The molecule has 0 heterocycles. The molecule has 1 rings (SSSR count). The summed E-state index contributed by atoms with van der Waals surface area (Å²) in [5.74, 6) is -2.12. The normalized spacial score (nSPS) is 13.8. The molecule has 2 atom stereocenters. The lowest BCUT2D eigenvalue weighted by atomic mass is 9.98. The molecule has 2 unspecified atom stereocenters. The van der Waals surface area contributed by atoms with Crippen molar-refractivity contribution in [1.29, 1.82) is 0 Å². The quantitative estimate of drug-likeness (QED) is 0.574. The van der Waals surface area contributed by atoms with Gasteiger partial charge in [0.15, 0.2) is 0 Å². The third-order valence-corrected chi connectivity index (χ3v) is 2.67. The van der Waals surface area contributed by atoms with E-state index in [1.165, 1.54) is 0 Å². The van der Waals surface area contributed by atoms with E-state index in [1.54, 1.807) is 24.3 Å². The topological polar surface area (TPSA) is 115 Å². The van der Waals surface area contributed by atoms with E-state index in [1.807, 2.05) is 0 Å². The number of aryl methyl sites for hydroxylation is 1. The number of aliphatic carboxylic acids is 2. The first-order chi connectivity index (χ1) is 8.90. The molecule has 0 saturated heterocycles. The van der Waals surface area contributed by atoms with E-state index in [0.29, 0.717) is 17.5 Å². The van der Waals surface area contributed by atoms with Crippen LogP contribution in [0.3, 0.4) is 0 Å². The molecule has 6 nitrogen and oxygen atoms in total. The third-order valence-electron chi connectivity index (χ3n) is 2.67. The average Bonchev–Trinajstić information content (AvgIpc) is 2.35. The molecule has 4 N–H and O–H groups in total. The van der Waals surface area contributed by atoms with Crippen molar-refractivity contribution < 1.29 is 30.0 Å². The van der Waals surface area contributed by atoms with Crippen molar-refractivity contribution in [3.8, 4) is 0 Å². The smallest absolute Gasteiger partial charge is 0.306 e. The second kappa shape index (κ2) is 6.86. The Balaban J connectivity index is 2.74. The maximum Gasteiger partial charge on any atom is 0.306 e. The first kappa shape index (κ1) is 15.1. The van der Waals surface area contributed by atoms with Gasteiger partial charge in [-0.3, -0.25) is 9.59 Å². The van der Waals surface area contributed by atoms with Crippen LogP contribution < -0.4 is 0 Å². The number of carbonyl (C=O) groups is 2. The first-order valence-corrected chi connectivity index (χ1v) is 5.78. The van der Waals surface area contributed by atoms with Gasteiger partial charge in [0, 0.05) is 6.42 Å². The highest BCUT2D eigenvalue weighted by atomic mass is 16.4. The molecule has 0 aromatic heterocycles. The summed E-state index contributed by atoms with van der Waals surface area (Å²) in [4.78, 5) is 20.9. The SMILES string of the molecule is O=C(O)CCc1cccc(C(O)C(O)CC(=O)O)c1. The van der Waals surface area contributed by atoms with Crippen molar-refractivity contribution in [2.45, 2.75) is 31.5 Å². The number of aliphatic hydroxyl groups excluding tert-OH is 2. The van der Waals surface area contributed by atoms with Gasteiger partial charge in [0.1, 0.15) is 6.10 Å². The van der Waals surface area contributed by atoms with Gasteiger partial charge in [-0.05, 0) is 17.5 Å². The second-order valence-corrected chi connectivity index (χ2v) is 4.25. The molecular weight excluding hydrogens is 252 g/mol.